The van der Waals surface area contributed by atoms with Crippen LogP contribution in [0.3, 0.4) is 0 Å². The first kappa shape index (κ1) is 11.9. The summed E-state index contributed by atoms with van der Waals surface area (Å²) in [4.78, 5) is 14.1. The summed E-state index contributed by atoms with van der Waals surface area (Å²) in [6, 6.07) is 6.04. The molecule has 2 atom stereocenters. The molecule has 2 fully saturated rings. The molecule has 2 saturated heterocycles. The largest absolute Gasteiger partial charge is 0.314 e. The molecule has 0 saturated carbocycles. The molecule has 3 rings (SSSR count). The van der Waals surface area contributed by atoms with Gasteiger partial charge in [0.1, 0.15) is 0 Å². The Labute approximate surface area is 108 Å². The Morgan fingerprint density at radius 3 is 3.06 bits per heavy atom. The minimum Gasteiger partial charge on any atom is -0.314 e. The van der Waals surface area contributed by atoms with E-state index in [1.165, 1.54) is 25.9 Å². The molecule has 0 radical (unpaired) electrons. The van der Waals surface area contributed by atoms with Gasteiger partial charge in [0.15, 0.2) is 0 Å². The van der Waals surface area contributed by atoms with Gasteiger partial charge in [-0.2, -0.15) is 0 Å². The van der Waals surface area contributed by atoms with Crippen molar-refractivity contribution < 1.29 is 0 Å². The van der Waals surface area contributed by atoms with Crippen LogP contribution in [-0.2, 0) is 6.54 Å². The number of hydrogen-bond donors (Lipinski definition) is 1. The van der Waals surface area contributed by atoms with Crippen LogP contribution in [0.15, 0.2) is 29.2 Å². The number of rotatable bonds is 3. The highest BCUT2D eigenvalue weighted by atomic mass is 16.1. The highest BCUT2D eigenvalue weighted by Gasteiger charge is 2.33. The van der Waals surface area contributed by atoms with Crippen molar-refractivity contribution in [1.82, 2.24) is 14.8 Å². The molecule has 0 amide bonds. The summed E-state index contributed by atoms with van der Waals surface area (Å²) in [7, 11) is 0. The van der Waals surface area contributed by atoms with Crippen molar-refractivity contribution in [2.24, 2.45) is 5.92 Å². The van der Waals surface area contributed by atoms with E-state index in [0.29, 0.717) is 6.04 Å². The van der Waals surface area contributed by atoms with Gasteiger partial charge in [-0.05, 0) is 31.4 Å². The molecule has 3 heterocycles. The maximum atomic E-state index is 11.6. The molecule has 4 nitrogen and oxygen atoms in total. The molecular formula is C14H21N3O. The number of likely N-dealkylation sites (tertiary alicyclic amines) is 1. The van der Waals surface area contributed by atoms with Gasteiger partial charge in [-0.15, -0.1) is 0 Å². The third-order valence-electron chi connectivity index (χ3n) is 4.23. The minimum atomic E-state index is 0.104. The summed E-state index contributed by atoms with van der Waals surface area (Å²) >= 11 is 0. The lowest BCUT2D eigenvalue weighted by molar-refractivity contribution is 0.305. The lowest BCUT2D eigenvalue weighted by atomic mass is 9.94. The highest BCUT2D eigenvalue weighted by Crippen LogP contribution is 2.24. The molecule has 2 aliphatic rings. The molecule has 0 bridgehead atoms. The molecule has 4 heteroatoms. The number of nitrogens with zero attached hydrogens (tertiary/aromatic N) is 2. The predicted octanol–water partition coefficient (Wildman–Crippen LogP) is 0.532. The van der Waals surface area contributed by atoms with Crippen LogP contribution in [0, 0.1) is 5.92 Å². The molecule has 0 aromatic carbocycles. The average Bonchev–Trinajstić information content (AvgIpc) is 2.80. The average molecular weight is 247 g/mol. The third kappa shape index (κ3) is 2.49. The SMILES string of the molecule is O=c1ccccn1CCN1C[C@@H]2CCCN[C@@H]2C1. The molecule has 98 valence electrons. The van der Waals surface area contributed by atoms with E-state index in [1.807, 2.05) is 12.3 Å². The Bertz CT molecular complexity index is 442. The van der Waals surface area contributed by atoms with Gasteiger partial charge in [0.05, 0.1) is 0 Å². The van der Waals surface area contributed by atoms with E-state index < -0.39 is 0 Å². The Hall–Kier alpha value is -1.13. The van der Waals surface area contributed by atoms with Crippen molar-refractivity contribution in [1.29, 1.82) is 0 Å². The number of nitrogens with one attached hydrogen (secondary N) is 1. The lowest BCUT2D eigenvalue weighted by Gasteiger charge is -2.24. The molecular weight excluding hydrogens is 226 g/mol. The van der Waals surface area contributed by atoms with Crippen LogP contribution >= 0.6 is 0 Å². The quantitative estimate of drug-likeness (QED) is 0.847. The normalized spacial score (nSPS) is 28.2. The topological polar surface area (TPSA) is 37.3 Å². The smallest absolute Gasteiger partial charge is 0.250 e. The van der Waals surface area contributed by atoms with Gasteiger partial charge in [-0.3, -0.25) is 9.69 Å². The summed E-state index contributed by atoms with van der Waals surface area (Å²) < 4.78 is 1.80. The van der Waals surface area contributed by atoms with Crippen LogP contribution in [-0.4, -0.2) is 41.7 Å². The number of aromatic nitrogens is 1. The molecule has 1 aromatic heterocycles. The minimum absolute atomic E-state index is 0.104. The Morgan fingerprint density at radius 2 is 2.22 bits per heavy atom. The molecule has 2 aliphatic heterocycles. The highest BCUT2D eigenvalue weighted by molar-refractivity contribution is 4.94. The summed E-state index contributed by atoms with van der Waals surface area (Å²) in [5.41, 5.74) is 0.104. The molecule has 1 aromatic rings. The van der Waals surface area contributed by atoms with Crippen molar-refractivity contribution >= 4 is 0 Å². The first-order chi connectivity index (χ1) is 8.83. The maximum absolute atomic E-state index is 11.6. The van der Waals surface area contributed by atoms with E-state index in [1.54, 1.807) is 16.7 Å². The van der Waals surface area contributed by atoms with Gasteiger partial charge < -0.3 is 9.88 Å². The van der Waals surface area contributed by atoms with Gasteiger partial charge in [0, 0.05) is 44.5 Å². The van der Waals surface area contributed by atoms with Crippen LogP contribution in [0.25, 0.3) is 0 Å². The lowest BCUT2D eigenvalue weighted by Crippen LogP contribution is -2.40. The predicted molar refractivity (Wildman–Crippen MR) is 71.7 cm³/mol. The zero-order chi connectivity index (χ0) is 12.4. The number of hydrogen-bond acceptors (Lipinski definition) is 3. The molecule has 0 spiro atoms. The second-order valence-corrected chi connectivity index (χ2v) is 5.45. The third-order valence-corrected chi connectivity index (χ3v) is 4.23. The summed E-state index contributed by atoms with van der Waals surface area (Å²) in [6.45, 7) is 5.30. The zero-order valence-corrected chi connectivity index (χ0v) is 10.7. The van der Waals surface area contributed by atoms with E-state index in [2.05, 4.69) is 10.2 Å². The fraction of sp³-hybridized carbons (Fsp3) is 0.643. The van der Waals surface area contributed by atoms with Gasteiger partial charge in [0.25, 0.3) is 5.56 Å². The Morgan fingerprint density at radius 1 is 1.28 bits per heavy atom. The molecule has 18 heavy (non-hydrogen) atoms. The van der Waals surface area contributed by atoms with Gasteiger partial charge >= 0.3 is 0 Å². The van der Waals surface area contributed by atoms with E-state index in [-0.39, 0.29) is 5.56 Å². The second kappa shape index (κ2) is 5.24. The summed E-state index contributed by atoms with van der Waals surface area (Å²) in [6.07, 6.45) is 4.55. The van der Waals surface area contributed by atoms with Gasteiger partial charge in [0.2, 0.25) is 0 Å². The molecule has 0 unspecified atom stereocenters. The molecule has 0 aliphatic carbocycles. The monoisotopic (exact) mass is 247 g/mol. The standard InChI is InChI=1S/C14H21N3O/c18-14-5-1-2-7-17(14)9-8-16-10-12-4-3-6-15-13(12)11-16/h1-2,5,7,12-13,15H,3-4,6,8-11H2/t12-,13+/m0/s1. The van der Waals surface area contributed by atoms with Gasteiger partial charge in [-0.25, -0.2) is 0 Å². The Balaban J connectivity index is 1.55. The Kier molecular flexibility index (Phi) is 3.48. The van der Waals surface area contributed by atoms with Crippen LogP contribution < -0.4 is 10.9 Å². The van der Waals surface area contributed by atoms with E-state index in [0.717, 1.165) is 25.6 Å². The number of pyridine rings is 1. The van der Waals surface area contributed by atoms with Crippen molar-refractivity contribution in [2.45, 2.75) is 25.4 Å². The fourth-order valence-corrected chi connectivity index (χ4v) is 3.21. The van der Waals surface area contributed by atoms with Crippen LogP contribution in [0.1, 0.15) is 12.8 Å². The number of piperidine rings is 1. The molecule has 1 N–H and O–H groups in total. The number of fused-ring (bicyclic) bond motifs is 1. The summed E-state index contributed by atoms with van der Waals surface area (Å²) in [5.74, 6) is 0.825. The van der Waals surface area contributed by atoms with Crippen molar-refractivity contribution in [3.05, 3.63) is 34.7 Å². The zero-order valence-electron chi connectivity index (χ0n) is 10.7. The van der Waals surface area contributed by atoms with E-state index in [4.69, 9.17) is 0 Å². The van der Waals surface area contributed by atoms with Crippen molar-refractivity contribution in [3.63, 3.8) is 0 Å². The second-order valence-electron chi connectivity index (χ2n) is 5.45. The van der Waals surface area contributed by atoms with Crippen LogP contribution in [0.5, 0.6) is 0 Å². The van der Waals surface area contributed by atoms with E-state index >= 15 is 0 Å². The van der Waals surface area contributed by atoms with Crippen LogP contribution in [0.2, 0.25) is 0 Å². The van der Waals surface area contributed by atoms with Crippen LogP contribution in [0.4, 0.5) is 0 Å². The first-order valence-corrected chi connectivity index (χ1v) is 6.94. The maximum Gasteiger partial charge on any atom is 0.250 e. The van der Waals surface area contributed by atoms with Gasteiger partial charge in [-0.1, -0.05) is 6.07 Å². The van der Waals surface area contributed by atoms with Crippen molar-refractivity contribution in [2.75, 3.05) is 26.2 Å². The van der Waals surface area contributed by atoms with E-state index in [9.17, 15) is 4.79 Å². The van der Waals surface area contributed by atoms with Crippen molar-refractivity contribution in [3.8, 4) is 0 Å². The fourth-order valence-electron chi connectivity index (χ4n) is 3.21. The summed E-state index contributed by atoms with van der Waals surface area (Å²) in [5, 5.41) is 3.61. The first-order valence-electron chi connectivity index (χ1n) is 6.94.